The minimum Gasteiger partial charge on any atom is -0.291 e. The van der Waals surface area contributed by atoms with Gasteiger partial charge in [0.05, 0.1) is 17.6 Å². The fraction of sp³-hybridized carbons (Fsp3) is 0.800. The zero-order valence-electron chi connectivity index (χ0n) is 12.4. The number of halogens is 1. The van der Waals surface area contributed by atoms with Crippen LogP contribution in [0.3, 0.4) is 0 Å². The first-order valence-electron chi connectivity index (χ1n) is 7.32. The molecule has 4 atom stereocenters. The van der Waals surface area contributed by atoms with Gasteiger partial charge in [0.2, 0.25) is 0 Å². The molecule has 1 aromatic heterocycles. The SMILES string of the molecule is CCC(c1nc(CCl)cs1)N1CC(C)CC(C)C1C. The van der Waals surface area contributed by atoms with E-state index in [1.165, 1.54) is 18.0 Å². The van der Waals surface area contributed by atoms with E-state index in [1.807, 2.05) is 0 Å². The molecule has 0 amide bonds. The minimum absolute atomic E-state index is 0.460. The first kappa shape index (κ1) is 15.3. The number of thiazole rings is 1. The Balaban J connectivity index is 2.20. The highest BCUT2D eigenvalue weighted by atomic mass is 35.5. The fourth-order valence-corrected chi connectivity index (χ4v) is 4.51. The molecule has 4 heteroatoms. The summed E-state index contributed by atoms with van der Waals surface area (Å²) >= 11 is 7.65. The molecule has 108 valence electrons. The topological polar surface area (TPSA) is 16.1 Å². The predicted octanol–water partition coefficient (Wildman–Crippen LogP) is 4.70. The lowest BCUT2D eigenvalue weighted by Crippen LogP contribution is -2.47. The van der Waals surface area contributed by atoms with Gasteiger partial charge >= 0.3 is 0 Å². The van der Waals surface area contributed by atoms with E-state index in [2.05, 4.69) is 38.0 Å². The van der Waals surface area contributed by atoms with E-state index in [1.54, 1.807) is 11.3 Å². The van der Waals surface area contributed by atoms with Crippen LogP contribution >= 0.6 is 22.9 Å². The Morgan fingerprint density at radius 2 is 2.21 bits per heavy atom. The molecule has 1 saturated heterocycles. The number of piperidine rings is 1. The van der Waals surface area contributed by atoms with Crippen LogP contribution in [0, 0.1) is 11.8 Å². The number of likely N-dealkylation sites (tertiary alicyclic amines) is 1. The second-order valence-corrected chi connectivity index (χ2v) is 7.15. The van der Waals surface area contributed by atoms with Crippen LogP contribution in [0.2, 0.25) is 0 Å². The number of nitrogens with zero attached hydrogens (tertiary/aromatic N) is 2. The van der Waals surface area contributed by atoms with E-state index in [0.717, 1.165) is 24.0 Å². The zero-order chi connectivity index (χ0) is 14.0. The van der Waals surface area contributed by atoms with E-state index < -0.39 is 0 Å². The molecular formula is C15H25ClN2S. The van der Waals surface area contributed by atoms with Gasteiger partial charge < -0.3 is 0 Å². The predicted molar refractivity (Wildman–Crippen MR) is 83.8 cm³/mol. The summed E-state index contributed by atoms with van der Waals surface area (Å²) in [6.07, 6.45) is 2.47. The van der Waals surface area contributed by atoms with Crippen molar-refractivity contribution < 1.29 is 0 Å². The summed E-state index contributed by atoms with van der Waals surface area (Å²) in [7, 11) is 0. The van der Waals surface area contributed by atoms with Crippen molar-refractivity contribution in [1.29, 1.82) is 0 Å². The minimum atomic E-state index is 0.460. The Morgan fingerprint density at radius 3 is 2.79 bits per heavy atom. The van der Waals surface area contributed by atoms with Crippen molar-refractivity contribution >= 4 is 22.9 Å². The van der Waals surface area contributed by atoms with Gasteiger partial charge in [0.1, 0.15) is 5.01 Å². The van der Waals surface area contributed by atoms with Crippen LogP contribution in [0.25, 0.3) is 0 Å². The van der Waals surface area contributed by atoms with Gasteiger partial charge in [-0.25, -0.2) is 4.98 Å². The summed E-state index contributed by atoms with van der Waals surface area (Å²) in [6.45, 7) is 10.6. The average molecular weight is 301 g/mol. The van der Waals surface area contributed by atoms with Crippen molar-refractivity contribution in [2.24, 2.45) is 11.8 Å². The highest BCUT2D eigenvalue weighted by Crippen LogP contribution is 2.36. The van der Waals surface area contributed by atoms with Gasteiger partial charge in [-0.3, -0.25) is 4.90 Å². The second-order valence-electron chi connectivity index (χ2n) is 5.99. The van der Waals surface area contributed by atoms with Crippen LogP contribution < -0.4 is 0 Å². The van der Waals surface area contributed by atoms with E-state index in [0.29, 0.717) is 18.0 Å². The normalized spacial score (nSPS) is 30.5. The summed E-state index contributed by atoms with van der Waals surface area (Å²) in [5.74, 6) is 2.08. The molecule has 1 aliphatic rings. The Morgan fingerprint density at radius 1 is 1.47 bits per heavy atom. The molecule has 19 heavy (non-hydrogen) atoms. The standard InChI is InChI=1S/C15H25ClN2S/c1-5-14(15-17-13(7-16)9-19-15)18-8-10(2)6-11(3)12(18)4/h9-12,14H,5-8H2,1-4H3. The Labute approximate surface area is 126 Å². The van der Waals surface area contributed by atoms with Gasteiger partial charge in [-0.15, -0.1) is 22.9 Å². The molecule has 0 aliphatic carbocycles. The molecule has 2 heterocycles. The van der Waals surface area contributed by atoms with E-state index in [-0.39, 0.29) is 0 Å². The van der Waals surface area contributed by atoms with Crippen LogP contribution in [0.1, 0.15) is 57.3 Å². The van der Waals surface area contributed by atoms with Crippen molar-refractivity contribution in [3.8, 4) is 0 Å². The molecular weight excluding hydrogens is 276 g/mol. The van der Waals surface area contributed by atoms with E-state index in [4.69, 9.17) is 16.6 Å². The number of aromatic nitrogens is 1. The van der Waals surface area contributed by atoms with Crippen molar-refractivity contribution in [1.82, 2.24) is 9.88 Å². The molecule has 2 rings (SSSR count). The number of hydrogen-bond donors (Lipinski definition) is 0. The van der Waals surface area contributed by atoms with E-state index in [9.17, 15) is 0 Å². The third kappa shape index (κ3) is 3.32. The highest BCUT2D eigenvalue weighted by Gasteiger charge is 2.34. The summed E-state index contributed by atoms with van der Waals surface area (Å²) in [5, 5.41) is 3.35. The van der Waals surface area contributed by atoms with Gasteiger partial charge in [-0.05, 0) is 31.6 Å². The fourth-order valence-electron chi connectivity index (χ4n) is 3.26. The Bertz CT molecular complexity index is 407. The molecule has 1 aliphatic heterocycles. The Kier molecular flexibility index (Phi) is 5.27. The van der Waals surface area contributed by atoms with Gasteiger partial charge in [-0.2, -0.15) is 0 Å². The summed E-state index contributed by atoms with van der Waals surface area (Å²) < 4.78 is 0. The maximum Gasteiger partial charge on any atom is 0.110 e. The van der Waals surface area contributed by atoms with Crippen LogP contribution in [-0.2, 0) is 5.88 Å². The van der Waals surface area contributed by atoms with Crippen LogP contribution in [0.15, 0.2) is 5.38 Å². The summed E-state index contributed by atoms with van der Waals surface area (Å²) in [5.41, 5.74) is 1.02. The van der Waals surface area contributed by atoms with Crippen molar-refractivity contribution in [3.63, 3.8) is 0 Å². The number of alkyl halides is 1. The lowest BCUT2D eigenvalue weighted by atomic mass is 9.85. The molecule has 1 aromatic rings. The van der Waals surface area contributed by atoms with Crippen LogP contribution in [0.5, 0.6) is 0 Å². The molecule has 0 radical (unpaired) electrons. The Hall–Kier alpha value is -0.120. The van der Waals surface area contributed by atoms with Gasteiger partial charge in [0.15, 0.2) is 0 Å². The molecule has 1 fully saturated rings. The largest absolute Gasteiger partial charge is 0.291 e. The monoisotopic (exact) mass is 300 g/mol. The maximum absolute atomic E-state index is 5.88. The lowest BCUT2D eigenvalue weighted by Gasteiger charge is -2.44. The van der Waals surface area contributed by atoms with Crippen LogP contribution in [-0.4, -0.2) is 22.5 Å². The summed E-state index contributed by atoms with van der Waals surface area (Å²) in [6, 6.07) is 1.10. The maximum atomic E-state index is 5.88. The lowest BCUT2D eigenvalue weighted by molar-refractivity contribution is 0.0377. The zero-order valence-corrected chi connectivity index (χ0v) is 14.0. The van der Waals surface area contributed by atoms with Gasteiger partial charge in [0, 0.05) is 18.0 Å². The van der Waals surface area contributed by atoms with Crippen molar-refractivity contribution in [2.75, 3.05) is 6.54 Å². The number of rotatable bonds is 4. The number of hydrogen-bond acceptors (Lipinski definition) is 3. The molecule has 0 spiro atoms. The summed E-state index contributed by atoms with van der Waals surface area (Å²) in [4.78, 5) is 7.37. The quantitative estimate of drug-likeness (QED) is 0.749. The van der Waals surface area contributed by atoms with Gasteiger partial charge in [0.25, 0.3) is 0 Å². The van der Waals surface area contributed by atoms with Crippen molar-refractivity contribution in [3.05, 3.63) is 16.1 Å². The third-order valence-corrected chi connectivity index (χ3v) is 5.69. The molecule has 2 nitrogen and oxygen atoms in total. The molecule has 0 N–H and O–H groups in total. The molecule has 0 aromatic carbocycles. The average Bonchev–Trinajstić information content (AvgIpc) is 2.84. The first-order valence-corrected chi connectivity index (χ1v) is 8.74. The van der Waals surface area contributed by atoms with Crippen molar-refractivity contribution in [2.45, 2.75) is 58.5 Å². The van der Waals surface area contributed by atoms with Gasteiger partial charge in [-0.1, -0.05) is 20.8 Å². The molecule has 4 unspecified atom stereocenters. The highest BCUT2D eigenvalue weighted by molar-refractivity contribution is 7.09. The van der Waals surface area contributed by atoms with Crippen LogP contribution in [0.4, 0.5) is 0 Å². The second kappa shape index (κ2) is 6.55. The third-order valence-electron chi connectivity index (χ3n) is 4.42. The molecule has 0 saturated carbocycles. The smallest absolute Gasteiger partial charge is 0.110 e. The molecule has 0 bridgehead atoms. The first-order chi connectivity index (χ1) is 9.06. The van der Waals surface area contributed by atoms with E-state index >= 15 is 0 Å².